The van der Waals surface area contributed by atoms with Crippen LogP contribution in [-0.2, 0) is 19.4 Å². The molecule has 1 aliphatic rings. The predicted octanol–water partition coefficient (Wildman–Crippen LogP) is 1.02. The zero-order chi connectivity index (χ0) is 12.7. The molecule has 2 heterocycles. The minimum Gasteiger partial charge on any atom is -0.392 e. The predicted molar refractivity (Wildman–Crippen MR) is 75.1 cm³/mol. The number of hydrogen-bond acceptors (Lipinski definition) is 5. The Balaban J connectivity index is 2.24. The van der Waals surface area contributed by atoms with E-state index in [4.69, 9.17) is 18.0 Å². The van der Waals surface area contributed by atoms with E-state index in [1.54, 1.807) is 11.3 Å². The highest BCUT2D eigenvalue weighted by atomic mass is 32.1. The molecule has 94 valence electrons. The van der Waals surface area contributed by atoms with E-state index in [1.807, 2.05) is 0 Å². The van der Waals surface area contributed by atoms with E-state index in [2.05, 4.69) is 10.3 Å². The Bertz CT molecular complexity index is 688. The fourth-order valence-electron chi connectivity index (χ4n) is 2.36. The third-order valence-electron chi connectivity index (χ3n) is 3.15. The molecule has 0 saturated heterocycles. The monoisotopic (exact) mass is 280 g/mol. The Kier molecular flexibility index (Phi) is 2.87. The number of thiocarbonyl (C=S) groups is 1. The van der Waals surface area contributed by atoms with Crippen LogP contribution in [-0.4, -0.2) is 20.0 Å². The van der Waals surface area contributed by atoms with Crippen molar-refractivity contribution in [3.8, 4) is 0 Å². The van der Waals surface area contributed by atoms with Crippen LogP contribution < -0.4 is 11.3 Å². The van der Waals surface area contributed by atoms with Crippen molar-refractivity contribution in [3.05, 3.63) is 20.8 Å². The number of rotatable bonds is 2. The van der Waals surface area contributed by atoms with Gasteiger partial charge in [-0.1, -0.05) is 17.4 Å². The molecule has 2 aromatic heterocycles. The van der Waals surface area contributed by atoms with Crippen molar-refractivity contribution in [1.82, 2.24) is 15.0 Å². The number of fused-ring (bicyclic) bond motifs is 3. The van der Waals surface area contributed by atoms with Gasteiger partial charge in [-0.3, -0.25) is 4.79 Å². The van der Waals surface area contributed by atoms with Gasteiger partial charge >= 0.3 is 0 Å². The Labute approximate surface area is 113 Å². The summed E-state index contributed by atoms with van der Waals surface area (Å²) in [6, 6.07) is 0. The first-order chi connectivity index (χ1) is 8.66. The molecular weight excluding hydrogens is 268 g/mol. The number of thiophene rings is 1. The molecule has 2 N–H and O–H groups in total. The highest BCUT2D eigenvalue weighted by Gasteiger charge is 2.20. The normalized spacial score (nSPS) is 14.7. The summed E-state index contributed by atoms with van der Waals surface area (Å²) in [6.07, 6.45) is 4.33. The Morgan fingerprint density at radius 2 is 2.22 bits per heavy atom. The molecule has 0 saturated carbocycles. The van der Waals surface area contributed by atoms with E-state index in [0.29, 0.717) is 0 Å². The Morgan fingerprint density at radius 3 is 3.00 bits per heavy atom. The van der Waals surface area contributed by atoms with Crippen LogP contribution in [0, 0.1) is 0 Å². The van der Waals surface area contributed by atoms with Gasteiger partial charge in [0.25, 0.3) is 5.56 Å². The fraction of sp³-hybridized carbons (Fsp3) is 0.455. The summed E-state index contributed by atoms with van der Waals surface area (Å²) in [5.41, 5.74) is 6.50. The smallest absolute Gasteiger partial charge is 0.279 e. The fourth-order valence-corrected chi connectivity index (χ4v) is 3.68. The SMILES string of the molecule is NC(=S)Cn1nnc2sc3c(c2c1=O)CCCC3. The maximum Gasteiger partial charge on any atom is 0.279 e. The van der Waals surface area contributed by atoms with Crippen LogP contribution in [0.15, 0.2) is 4.79 Å². The molecule has 0 aromatic carbocycles. The second kappa shape index (κ2) is 4.40. The van der Waals surface area contributed by atoms with Gasteiger partial charge in [0.15, 0.2) is 4.83 Å². The Hall–Kier alpha value is -1.34. The van der Waals surface area contributed by atoms with Gasteiger partial charge in [-0.2, -0.15) is 0 Å². The molecule has 18 heavy (non-hydrogen) atoms. The van der Waals surface area contributed by atoms with Gasteiger partial charge in [0.2, 0.25) is 0 Å². The molecule has 0 radical (unpaired) electrons. The summed E-state index contributed by atoms with van der Waals surface area (Å²) in [7, 11) is 0. The minimum atomic E-state index is -0.118. The van der Waals surface area contributed by atoms with Crippen molar-refractivity contribution in [3.63, 3.8) is 0 Å². The first-order valence-corrected chi connectivity index (χ1v) is 7.05. The van der Waals surface area contributed by atoms with Crippen LogP contribution in [0.25, 0.3) is 10.2 Å². The van der Waals surface area contributed by atoms with Gasteiger partial charge < -0.3 is 5.73 Å². The summed E-state index contributed by atoms with van der Waals surface area (Å²) < 4.78 is 1.26. The van der Waals surface area contributed by atoms with E-state index < -0.39 is 0 Å². The molecule has 7 heteroatoms. The van der Waals surface area contributed by atoms with Crippen LogP contribution in [0.1, 0.15) is 23.3 Å². The Morgan fingerprint density at radius 1 is 1.44 bits per heavy atom. The lowest BCUT2D eigenvalue weighted by atomic mass is 9.97. The van der Waals surface area contributed by atoms with Gasteiger partial charge in [0, 0.05) is 4.88 Å². The lowest BCUT2D eigenvalue weighted by Gasteiger charge is -2.09. The van der Waals surface area contributed by atoms with Crippen LogP contribution in [0.3, 0.4) is 0 Å². The molecule has 3 rings (SSSR count). The molecule has 0 bridgehead atoms. The minimum absolute atomic E-state index is 0.118. The third kappa shape index (κ3) is 1.83. The van der Waals surface area contributed by atoms with Crippen molar-refractivity contribution in [2.24, 2.45) is 5.73 Å². The maximum atomic E-state index is 12.3. The quantitative estimate of drug-likeness (QED) is 0.831. The summed E-state index contributed by atoms with van der Waals surface area (Å²) in [5.74, 6) is 0. The zero-order valence-corrected chi connectivity index (χ0v) is 11.3. The number of aryl methyl sites for hydroxylation is 2. The van der Waals surface area contributed by atoms with Crippen molar-refractivity contribution < 1.29 is 0 Å². The van der Waals surface area contributed by atoms with Gasteiger partial charge in [-0.15, -0.1) is 16.4 Å². The van der Waals surface area contributed by atoms with Crippen molar-refractivity contribution in [2.45, 2.75) is 32.2 Å². The van der Waals surface area contributed by atoms with E-state index in [-0.39, 0.29) is 17.1 Å². The van der Waals surface area contributed by atoms with Crippen molar-refractivity contribution in [2.75, 3.05) is 0 Å². The highest BCUT2D eigenvalue weighted by molar-refractivity contribution is 7.80. The van der Waals surface area contributed by atoms with Gasteiger partial charge in [0.1, 0.15) is 0 Å². The second-order valence-electron chi connectivity index (χ2n) is 4.41. The largest absolute Gasteiger partial charge is 0.392 e. The average molecular weight is 280 g/mol. The second-order valence-corrected chi connectivity index (χ2v) is 6.02. The molecule has 0 amide bonds. The van der Waals surface area contributed by atoms with Gasteiger partial charge in [0.05, 0.1) is 16.9 Å². The molecule has 2 aromatic rings. The topological polar surface area (TPSA) is 73.8 Å². The average Bonchev–Trinajstić information content (AvgIpc) is 2.71. The van der Waals surface area contributed by atoms with Gasteiger partial charge in [-0.05, 0) is 31.2 Å². The lowest BCUT2D eigenvalue weighted by Crippen LogP contribution is -2.30. The number of nitrogens with zero attached hydrogens (tertiary/aromatic N) is 3. The zero-order valence-electron chi connectivity index (χ0n) is 9.68. The molecule has 1 aliphatic carbocycles. The van der Waals surface area contributed by atoms with E-state index in [9.17, 15) is 4.79 Å². The summed E-state index contributed by atoms with van der Waals surface area (Å²) in [4.78, 5) is 14.6. The van der Waals surface area contributed by atoms with Crippen LogP contribution in [0.2, 0.25) is 0 Å². The lowest BCUT2D eigenvalue weighted by molar-refractivity contribution is 0.627. The van der Waals surface area contributed by atoms with Crippen LogP contribution >= 0.6 is 23.6 Å². The standard InChI is InChI=1S/C11H12N4OS2/c12-8(17)5-15-11(16)9-6-3-1-2-4-7(6)18-10(9)13-14-15/h1-5H2,(H2,12,17). The van der Waals surface area contributed by atoms with E-state index in [0.717, 1.165) is 35.0 Å². The van der Waals surface area contributed by atoms with Crippen molar-refractivity contribution in [1.29, 1.82) is 0 Å². The van der Waals surface area contributed by atoms with Crippen molar-refractivity contribution >= 4 is 38.8 Å². The number of nitrogens with two attached hydrogens (primary N) is 1. The maximum absolute atomic E-state index is 12.3. The van der Waals surface area contributed by atoms with Crippen LogP contribution in [0.5, 0.6) is 0 Å². The van der Waals surface area contributed by atoms with Crippen LogP contribution in [0.4, 0.5) is 0 Å². The van der Waals surface area contributed by atoms with E-state index in [1.165, 1.54) is 16.0 Å². The molecular formula is C11H12N4OS2. The molecule has 0 unspecified atom stereocenters. The number of hydrogen-bond donors (Lipinski definition) is 1. The summed E-state index contributed by atoms with van der Waals surface area (Å²) in [5, 5.41) is 8.73. The van der Waals surface area contributed by atoms with E-state index >= 15 is 0 Å². The van der Waals surface area contributed by atoms with Gasteiger partial charge in [-0.25, -0.2) is 4.68 Å². The summed E-state index contributed by atoms with van der Waals surface area (Å²) in [6.45, 7) is 0.154. The molecule has 0 spiro atoms. The first-order valence-electron chi connectivity index (χ1n) is 5.83. The molecule has 0 atom stereocenters. The number of aromatic nitrogens is 3. The molecule has 0 fully saturated rings. The summed E-state index contributed by atoms with van der Waals surface area (Å²) >= 11 is 6.40. The third-order valence-corrected chi connectivity index (χ3v) is 4.46. The molecule has 5 nitrogen and oxygen atoms in total. The highest BCUT2D eigenvalue weighted by Crippen LogP contribution is 2.32. The first kappa shape index (κ1) is 11.7. The molecule has 0 aliphatic heterocycles.